The molecule has 0 saturated carbocycles. The Hall–Kier alpha value is -1.67. The molecular weight excluding hydrogens is 186 g/mol. The first-order valence-corrected chi connectivity index (χ1v) is 4.98. The van der Waals surface area contributed by atoms with Gasteiger partial charge in [0, 0.05) is 0 Å². The van der Waals surface area contributed by atoms with Gasteiger partial charge in [0.1, 0.15) is 6.29 Å². The molecule has 0 aliphatic rings. The van der Waals surface area contributed by atoms with Gasteiger partial charge in [-0.1, -0.05) is 42.5 Å². The lowest BCUT2D eigenvalue weighted by Crippen LogP contribution is -2.23. The largest absolute Gasteiger partial charge is 0.321 e. The van der Waals surface area contributed by atoms with E-state index in [0.717, 1.165) is 11.8 Å². The molecule has 0 aliphatic heterocycles. The van der Waals surface area contributed by atoms with Crippen molar-refractivity contribution >= 4 is 17.1 Å². The highest BCUT2D eigenvalue weighted by Gasteiger charge is 2.02. The van der Waals surface area contributed by atoms with Gasteiger partial charge < -0.3 is 10.5 Å². The van der Waals surface area contributed by atoms with Crippen LogP contribution in [0.1, 0.15) is 5.56 Å². The second-order valence-electron chi connectivity index (χ2n) is 3.69. The first-order chi connectivity index (χ1) is 7.29. The van der Waals surface area contributed by atoms with E-state index in [-0.39, 0.29) is 0 Å². The van der Waals surface area contributed by atoms with E-state index in [9.17, 15) is 4.79 Å². The highest BCUT2D eigenvalue weighted by atomic mass is 16.1. The van der Waals surface area contributed by atoms with Crippen molar-refractivity contribution in [2.45, 2.75) is 12.5 Å². The van der Waals surface area contributed by atoms with Crippen LogP contribution < -0.4 is 5.73 Å². The van der Waals surface area contributed by atoms with Crippen molar-refractivity contribution in [2.75, 3.05) is 0 Å². The van der Waals surface area contributed by atoms with E-state index < -0.39 is 6.04 Å². The molecule has 0 spiro atoms. The summed E-state index contributed by atoms with van der Waals surface area (Å²) in [6.07, 6.45) is 1.39. The predicted octanol–water partition coefficient (Wildman–Crippen LogP) is 1.91. The molecule has 0 heterocycles. The van der Waals surface area contributed by atoms with Crippen molar-refractivity contribution in [3.8, 4) is 0 Å². The minimum atomic E-state index is -0.397. The van der Waals surface area contributed by atoms with Crippen molar-refractivity contribution in [1.82, 2.24) is 0 Å². The lowest BCUT2D eigenvalue weighted by atomic mass is 10.0. The van der Waals surface area contributed by atoms with Crippen LogP contribution in [0.5, 0.6) is 0 Å². The molecule has 15 heavy (non-hydrogen) atoms. The molecule has 76 valence electrons. The van der Waals surface area contributed by atoms with Gasteiger partial charge in [0.25, 0.3) is 0 Å². The normalized spacial score (nSPS) is 12.6. The average Bonchev–Trinajstić information content (AvgIpc) is 2.29. The maximum Gasteiger partial charge on any atom is 0.137 e. The summed E-state index contributed by atoms with van der Waals surface area (Å²) in [5, 5.41) is 2.40. The van der Waals surface area contributed by atoms with E-state index in [4.69, 9.17) is 5.73 Å². The summed E-state index contributed by atoms with van der Waals surface area (Å²) >= 11 is 0. The number of carbonyl (C=O) groups excluding carboxylic acids is 1. The highest BCUT2D eigenvalue weighted by Crippen LogP contribution is 2.16. The number of hydrogen-bond donors (Lipinski definition) is 1. The third kappa shape index (κ3) is 2.22. The molecule has 2 heteroatoms. The van der Waals surface area contributed by atoms with Crippen LogP contribution in [0.2, 0.25) is 0 Å². The van der Waals surface area contributed by atoms with E-state index in [2.05, 4.69) is 24.3 Å². The van der Waals surface area contributed by atoms with Crippen molar-refractivity contribution in [2.24, 2.45) is 5.73 Å². The molecule has 2 N–H and O–H groups in total. The van der Waals surface area contributed by atoms with Crippen molar-refractivity contribution in [3.63, 3.8) is 0 Å². The second kappa shape index (κ2) is 4.24. The number of hydrogen-bond acceptors (Lipinski definition) is 2. The second-order valence-corrected chi connectivity index (χ2v) is 3.69. The molecule has 0 aromatic heterocycles. The Morgan fingerprint density at radius 2 is 1.87 bits per heavy atom. The fourth-order valence-corrected chi connectivity index (χ4v) is 1.69. The first-order valence-electron chi connectivity index (χ1n) is 4.98. The molecule has 2 aromatic rings. The molecule has 0 aliphatic carbocycles. The highest BCUT2D eigenvalue weighted by molar-refractivity contribution is 5.83. The van der Waals surface area contributed by atoms with Gasteiger partial charge in [-0.2, -0.15) is 0 Å². The minimum absolute atomic E-state index is 0.397. The van der Waals surface area contributed by atoms with E-state index in [1.54, 1.807) is 0 Å². The summed E-state index contributed by atoms with van der Waals surface area (Å²) in [6.45, 7) is 0. The summed E-state index contributed by atoms with van der Waals surface area (Å²) < 4.78 is 0. The number of aldehydes is 1. The molecule has 0 amide bonds. The smallest absolute Gasteiger partial charge is 0.137 e. The molecule has 0 bridgehead atoms. The zero-order valence-corrected chi connectivity index (χ0v) is 8.39. The fraction of sp³-hybridized carbons (Fsp3) is 0.154. The van der Waals surface area contributed by atoms with Crippen LogP contribution in [-0.2, 0) is 11.2 Å². The van der Waals surface area contributed by atoms with Crippen LogP contribution in [-0.4, -0.2) is 12.3 Å². The Morgan fingerprint density at radius 1 is 1.13 bits per heavy atom. The maximum absolute atomic E-state index is 10.4. The minimum Gasteiger partial charge on any atom is -0.321 e. The molecule has 2 nitrogen and oxygen atoms in total. The number of rotatable bonds is 3. The zero-order valence-electron chi connectivity index (χ0n) is 8.39. The molecule has 0 radical (unpaired) electrons. The Labute approximate surface area is 88.7 Å². The van der Waals surface area contributed by atoms with Crippen LogP contribution in [0.15, 0.2) is 42.5 Å². The fourth-order valence-electron chi connectivity index (χ4n) is 1.69. The van der Waals surface area contributed by atoms with Gasteiger partial charge in [-0.05, 0) is 22.8 Å². The predicted molar refractivity (Wildman–Crippen MR) is 61.7 cm³/mol. The van der Waals surface area contributed by atoms with Crippen LogP contribution in [0.25, 0.3) is 10.8 Å². The quantitative estimate of drug-likeness (QED) is 0.767. The third-order valence-corrected chi connectivity index (χ3v) is 2.46. The Kier molecular flexibility index (Phi) is 2.79. The van der Waals surface area contributed by atoms with Crippen molar-refractivity contribution in [1.29, 1.82) is 0 Å². The van der Waals surface area contributed by atoms with Crippen LogP contribution in [0, 0.1) is 0 Å². The SMILES string of the molecule is N[C@H](C=O)Cc1ccc2ccccc2c1. The van der Waals surface area contributed by atoms with Gasteiger partial charge in [0.15, 0.2) is 0 Å². The molecule has 2 rings (SSSR count). The van der Waals surface area contributed by atoms with Gasteiger partial charge >= 0.3 is 0 Å². The van der Waals surface area contributed by atoms with Gasteiger partial charge in [0.05, 0.1) is 6.04 Å². The van der Waals surface area contributed by atoms with E-state index >= 15 is 0 Å². The Balaban J connectivity index is 2.34. The third-order valence-electron chi connectivity index (χ3n) is 2.46. The number of benzene rings is 2. The van der Waals surface area contributed by atoms with E-state index in [0.29, 0.717) is 6.42 Å². The topological polar surface area (TPSA) is 43.1 Å². The lowest BCUT2D eigenvalue weighted by molar-refractivity contribution is -0.108. The van der Waals surface area contributed by atoms with Crippen LogP contribution in [0.3, 0.4) is 0 Å². The first kappa shape index (κ1) is 9.87. The van der Waals surface area contributed by atoms with Crippen molar-refractivity contribution < 1.29 is 4.79 Å². The van der Waals surface area contributed by atoms with E-state index in [1.165, 1.54) is 10.8 Å². The Morgan fingerprint density at radius 3 is 2.60 bits per heavy atom. The number of nitrogens with two attached hydrogens (primary N) is 1. The van der Waals surface area contributed by atoms with Gasteiger partial charge in [-0.25, -0.2) is 0 Å². The average molecular weight is 199 g/mol. The van der Waals surface area contributed by atoms with Crippen molar-refractivity contribution in [3.05, 3.63) is 48.0 Å². The standard InChI is InChI=1S/C13H13NO/c14-13(9-15)8-10-5-6-11-3-1-2-4-12(11)7-10/h1-7,9,13H,8,14H2/t13-/m0/s1. The summed E-state index contributed by atoms with van der Waals surface area (Å²) in [7, 11) is 0. The monoisotopic (exact) mass is 199 g/mol. The summed E-state index contributed by atoms with van der Waals surface area (Å²) in [6, 6.07) is 13.9. The molecule has 1 atom stereocenters. The molecule has 2 aromatic carbocycles. The lowest BCUT2D eigenvalue weighted by Gasteiger charge is -2.05. The molecule has 0 unspecified atom stereocenters. The Bertz CT molecular complexity index is 479. The summed E-state index contributed by atoms with van der Waals surface area (Å²) in [5.41, 5.74) is 6.69. The van der Waals surface area contributed by atoms with Crippen LogP contribution in [0.4, 0.5) is 0 Å². The van der Waals surface area contributed by atoms with Gasteiger partial charge in [-0.3, -0.25) is 0 Å². The van der Waals surface area contributed by atoms with Gasteiger partial charge in [0.2, 0.25) is 0 Å². The summed E-state index contributed by atoms with van der Waals surface area (Å²) in [5.74, 6) is 0. The molecular formula is C13H13NO. The number of carbonyl (C=O) groups is 1. The van der Waals surface area contributed by atoms with Crippen LogP contribution >= 0.6 is 0 Å². The van der Waals surface area contributed by atoms with Gasteiger partial charge in [-0.15, -0.1) is 0 Å². The van der Waals surface area contributed by atoms with E-state index in [1.807, 2.05) is 18.2 Å². The molecule has 0 fully saturated rings. The number of fused-ring (bicyclic) bond motifs is 1. The maximum atomic E-state index is 10.4. The summed E-state index contributed by atoms with van der Waals surface area (Å²) in [4.78, 5) is 10.4. The zero-order chi connectivity index (χ0) is 10.7. The molecule has 0 saturated heterocycles.